The molecule has 7 nitrogen and oxygen atoms in total. The Kier molecular flexibility index (Phi) is 5.38. The molecule has 0 fully saturated rings. The molecule has 9 heteroatoms. The smallest absolute Gasteiger partial charge is 0.338 e. The van der Waals surface area contributed by atoms with E-state index < -0.39 is 16.0 Å². The van der Waals surface area contributed by atoms with Crippen LogP contribution in [0.1, 0.15) is 15.9 Å². The lowest BCUT2D eigenvalue weighted by Gasteiger charge is -2.20. The highest BCUT2D eigenvalue weighted by Crippen LogP contribution is 2.35. The van der Waals surface area contributed by atoms with E-state index in [1.807, 2.05) is 0 Å². The maximum atomic E-state index is 12.3. The lowest BCUT2D eigenvalue weighted by atomic mass is 10.2. The highest BCUT2D eigenvalue weighted by atomic mass is 79.9. The van der Waals surface area contributed by atoms with Gasteiger partial charge in [-0.1, -0.05) is 22.0 Å². The molecule has 0 spiro atoms. The van der Waals surface area contributed by atoms with E-state index >= 15 is 0 Å². The molecule has 0 amide bonds. The summed E-state index contributed by atoms with van der Waals surface area (Å²) in [7, 11) is -3.42. The van der Waals surface area contributed by atoms with Crippen molar-refractivity contribution in [1.29, 1.82) is 0 Å². The number of fused-ring (bicyclic) bond motifs is 1. The third-order valence-electron chi connectivity index (χ3n) is 3.47. The van der Waals surface area contributed by atoms with Crippen molar-refractivity contribution in [3.63, 3.8) is 0 Å². The number of esters is 1. The van der Waals surface area contributed by atoms with Crippen molar-refractivity contribution in [3.8, 4) is 11.5 Å². The maximum Gasteiger partial charge on any atom is 0.338 e. The molecule has 0 unspecified atom stereocenters. The Morgan fingerprint density at radius 3 is 2.58 bits per heavy atom. The van der Waals surface area contributed by atoms with Crippen LogP contribution in [0.25, 0.3) is 0 Å². The van der Waals surface area contributed by atoms with E-state index in [1.54, 1.807) is 30.3 Å². The predicted octanol–water partition coefficient (Wildman–Crippen LogP) is 2.95. The Bertz CT molecular complexity index is 944. The van der Waals surface area contributed by atoms with Gasteiger partial charge >= 0.3 is 5.97 Å². The molecule has 3 rings (SSSR count). The molecular weight excluding hydrogens is 426 g/mol. The fourth-order valence-electron chi connectivity index (χ4n) is 2.37. The minimum atomic E-state index is -3.42. The number of carbonyl (C=O) groups is 1. The van der Waals surface area contributed by atoms with Crippen LogP contribution < -0.4 is 14.2 Å². The molecule has 0 aliphatic carbocycles. The van der Waals surface area contributed by atoms with Gasteiger partial charge in [0.1, 0.15) is 19.8 Å². The normalized spacial score (nSPS) is 13.2. The molecule has 138 valence electrons. The fourth-order valence-corrected chi connectivity index (χ4v) is 3.36. The SMILES string of the molecule is CS(=O)(=O)Nc1cccc(C(=O)OCc2cc3c(cc2Br)OCCO3)c1. The van der Waals surface area contributed by atoms with Gasteiger partial charge in [-0.3, -0.25) is 4.72 Å². The number of nitrogens with one attached hydrogen (secondary N) is 1. The first kappa shape index (κ1) is 18.5. The minimum Gasteiger partial charge on any atom is -0.486 e. The van der Waals surface area contributed by atoms with Crippen molar-refractivity contribution in [2.45, 2.75) is 6.61 Å². The topological polar surface area (TPSA) is 90.9 Å². The third-order valence-corrected chi connectivity index (χ3v) is 4.82. The Morgan fingerprint density at radius 2 is 1.88 bits per heavy atom. The van der Waals surface area contributed by atoms with Gasteiger partial charge in [-0.2, -0.15) is 0 Å². The van der Waals surface area contributed by atoms with Gasteiger partial charge in [0.2, 0.25) is 10.0 Å². The highest BCUT2D eigenvalue weighted by Gasteiger charge is 2.16. The second kappa shape index (κ2) is 7.55. The molecule has 2 aromatic carbocycles. The van der Waals surface area contributed by atoms with E-state index in [4.69, 9.17) is 14.2 Å². The Hall–Kier alpha value is -2.26. The van der Waals surface area contributed by atoms with Crippen LogP contribution in [0.4, 0.5) is 5.69 Å². The molecular formula is C17H16BrNO6S. The molecule has 1 aliphatic rings. The largest absolute Gasteiger partial charge is 0.486 e. The average molecular weight is 442 g/mol. The maximum absolute atomic E-state index is 12.3. The highest BCUT2D eigenvalue weighted by molar-refractivity contribution is 9.10. The van der Waals surface area contributed by atoms with Crippen LogP contribution >= 0.6 is 15.9 Å². The van der Waals surface area contributed by atoms with E-state index in [-0.39, 0.29) is 12.2 Å². The minimum absolute atomic E-state index is 0.0276. The van der Waals surface area contributed by atoms with Crippen LogP contribution in [0.3, 0.4) is 0 Å². The summed E-state index contributed by atoms with van der Waals surface area (Å²) in [6.07, 6.45) is 1.04. The Labute approximate surface area is 159 Å². The zero-order valence-corrected chi connectivity index (χ0v) is 16.2. The number of anilines is 1. The lowest BCUT2D eigenvalue weighted by Crippen LogP contribution is -2.16. The Morgan fingerprint density at radius 1 is 1.19 bits per heavy atom. The summed E-state index contributed by atoms with van der Waals surface area (Å²) in [6, 6.07) is 9.62. The van der Waals surface area contributed by atoms with Gasteiger partial charge in [-0.05, 0) is 30.3 Å². The van der Waals surface area contributed by atoms with Crippen molar-refractivity contribution < 1.29 is 27.4 Å². The molecule has 2 aromatic rings. The first-order valence-electron chi connectivity index (χ1n) is 7.65. The molecule has 1 heterocycles. The molecule has 1 aliphatic heterocycles. The van der Waals surface area contributed by atoms with Crippen molar-refractivity contribution in [2.24, 2.45) is 0 Å². The number of benzene rings is 2. The third kappa shape index (κ3) is 4.67. The molecule has 0 aromatic heterocycles. The van der Waals surface area contributed by atoms with Gasteiger partial charge in [0.25, 0.3) is 0 Å². The molecule has 1 N–H and O–H groups in total. The summed E-state index contributed by atoms with van der Waals surface area (Å²) in [5.41, 5.74) is 1.27. The standard InChI is InChI=1S/C17H16BrNO6S/c1-26(21,22)19-13-4-2-3-11(7-13)17(20)25-10-12-8-15-16(9-14(12)18)24-6-5-23-15/h2-4,7-9,19H,5-6,10H2,1H3. The van der Waals surface area contributed by atoms with Crippen LogP contribution in [-0.2, 0) is 21.4 Å². The zero-order valence-electron chi connectivity index (χ0n) is 13.8. The zero-order chi connectivity index (χ0) is 18.7. The van der Waals surface area contributed by atoms with E-state index in [1.165, 1.54) is 6.07 Å². The van der Waals surface area contributed by atoms with E-state index in [0.717, 1.165) is 16.3 Å². The first-order chi connectivity index (χ1) is 12.3. The van der Waals surface area contributed by atoms with Crippen molar-refractivity contribution >= 4 is 37.6 Å². The number of rotatable bonds is 5. The monoisotopic (exact) mass is 441 g/mol. The number of hydrogen-bond donors (Lipinski definition) is 1. The summed E-state index contributed by atoms with van der Waals surface area (Å²) in [4.78, 5) is 12.3. The summed E-state index contributed by atoms with van der Waals surface area (Å²) in [6.45, 7) is 0.986. The van der Waals surface area contributed by atoms with Gasteiger partial charge in [0.15, 0.2) is 11.5 Å². The van der Waals surface area contributed by atoms with Gasteiger partial charge in [-0.25, -0.2) is 13.2 Å². The summed E-state index contributed by atoms with van der Waals surface area (Å²) >= 11 is 3.42. The van der Waals surface area contributed by atoms with Crippen molar-refractivity contribution in [2.75, 3.05) is 24.2 Å². The van der Waals surface area contributed by atoms with Crippen LogP contribution in [0.15, 0.2) is 40.9 Å². The number of ether oxygens (including phenoxy) is 3. The summed E-state index contributed by atoms with van der Waals surface area (Å²) < 4.78 is 42.0. The second-order valence-corrected chi connectivity index (χ2v) is 8.22. The van der Waals surface area contributed by atoms with Gasteiger partial charge < -0.3 is 14.2 Å². The first-order valence-corrected chi connectivity index (χ1v) is 10.3. The van der Waals surface area contributed by atoms with Crippen LogP contribution in [-0.4, -0.2) is 33.9 Å². The number of sulfonamides is 1. The second-order valence-electron chi connectivity index (χ2n) is 5.62. The summed E-state index contributed by atoms with van der Waals surface area (Å²) in [5, 5.41) is 0. The predicted molar refractivity (Wildman–Crippen MR) is 99.2 cm³/mol. The molecule has 0 bridgehead atoms. The average Bonchev–Trinajstić information content (AvgIpc) is 2.58. The van der Waals surface area contributed by atoms with Crippen LogP contribution in [0.5, 0.6) is 11.5 Å². The number of halogens is 1. The molecule has 0 atom stereocenters. The molecule has 0 saturated heterocycles. The molecule has 26 heavy (non-hydrogen) atoms. The van der Waals surface area contributed by atoms with Gasteiger partial charge in [0, 0.05) is 15.7 Å². The van der Waals surface area contributed by atoms with E-state index in [2.05, 4.69) is 20.7 Å². The van der Waals surface area contributed by atoms with E-state index in [9.17, 15) is 13.2 Å². The van der Waals surface area contributed by atoms with Crippen molar-refractivity contribution in [3.05, 3.63) is 52.0 Å². The lowest BCUT2D eigenvalue weighted by molar-refractivity contribution is 0.0471. The fraction of sp³-hybridized carbons (Fsp3) is 0.235. The number of carbonyl (C=O) groups excluding carboxylic acids is 1. The van der Waals surface area contributed by atoms with Crippen molar-refractivity contribution in [1.82, 2.24) is 0 Å². The molecule has 0 radical (unpaired) electrons. The van der Waals surface area contributed by atoms with Gasteiger partial charge in [0.05, 0.1) is 11.8 Å². The van der Waals surface area contributed by atoms with Gasteiger partial charge in [-0.15, -0.1) is 0 Å². The molecule has 0 saturated carbocycles. The number of hydrogen-bond acceptors (Lipinski definition) is 6. The van der Waals surface area contributed by atoms with Crippen LogP contribution in [0, 0.1) is 0 Å². The Balaban J connectivity index is 1.70. The van der Waals surface area contributed by atoms with Crippen LogP contribution in [0.2, 0.25) is 0 Å². The van der Waals surface area contributed by atoms with E-state index in [0.29, 0.717) is 30.4 Å². The summed E-state index contributed by atoms with van der Waals surface area (Å²) in [5.74, 6) is 0.673. The quantitative estimate of drug-likeness (QED) is 0.717.